The molecular formula is C23H30O. The molecule has 1 nitrogen and oxygen atoms in total. The van der Waals surface area contributed by atoms with Crippen molar-refractivity contribution in [3.05, 3.63) is 67.3 Å². The molecule has 0 unspecified atom stereocenters. The van der Waals surface area contributed by atoms with E-state index in [0.29, 0.717) is 0 Å². The molecular weight excluding hydrogens is 292 g/mol. The van der Waals surface area contributed by atoms with E-state index in [1.54, 1.807) is 0 Å². The van der Waals surface area contributed by atoms with Crippen molar-refractivity contribution in [2.75, 3.05) is 6.61 Å². The third kappa shape index (κ3) is 7.04. The summed E-state index contributed by atoms with van der Waals surface area (Å²) in [6.45, 7) is 4.58. The third-order valence-corrected chi connectivity index (χ3v) is 4.28. The van der Waals surface area contributed by atoms with Gasteiger partial charge < -0.3 is 4.74 Å². The Hall–Kier alpha value is -2.02. The summed E-state index contributed by atoms with van der Waals surface area (Å²) in [5.41, 5.74) is 2.48. The van der Waals surface area contributed by atoms with Gasteiger partial charge in [-0.3, -0.25) is 0 Å². The fourth-order valence-electron chi connectivity index (χ4n) is 2.84. The first kappa shape index (κ1) is 18.3. The maximum atomic E-state index is 5.85. The molecule has 24 heavy (non-hydrogen) atoms. The summed E-state index contributed by atoms with van der Waals surface area (Å²) in [6.07, 6.45) is 12.3. The van der Waals surface area contributed by atoms with E-state index >= 15 is 0 Å². The molecule has 0 atom stereocenters. The number of rotatable bonds is 12. The first-order valence-corrected chi connectivity index (χ1v) is 9.29. The van der Waals surface area contributed by atoms with Crippen LogP contribution in [0.4, 0.5) is 0 Å². The molecule has 0 aromatic heterocycles. The van der Waals surface area contributed by atoms with Gasteiger partial charge in [-0.1, -0.05) is 80.6 Å². The highest BCUT2D eigenvalue weighted by atomic mass is 16.5. The van der Waals surface area contributed by atoms with Gasteiger partial charge in [0.15, 0.2) is 0 Å². The van der Waals surface area contributed by atoms with Crippen LogP contribution >= 0.6 is 0 Å². The number of hydrogen-bond donors (Lipinski definition) is 0. The Morgan fingerprint density at radius 1 is 0.667 bits per heavy atom. The summed E-state index contributed by atoms with van der Waals surface area (Å²) in [4.78, 5) is 0. The Bertz CT molecular complexity index is 556. The van der Waals surface area contributed by atoms with Crippen LogP contribution in [-0.2, 0) is 0 Å². The Balaban J connectivity index is 1.56. The van der Waals surface area contributed by atoms with Crippen molar-refractivity contribution >= 4 is 0 Å². The molecule has 2 aromatic carbocycles. The van der Waals surface area contributed by atoms with Gasteiger partial charge in [0, 0.05) is 0 Å². The van der Waals surface area contributed by atoms with Crippen LogP contribution in [0, 0.1) is 0 Å². The second-order valence-electron chi connectivity index (χ2n) is 6.29. The van der Waals surface area contributed by atoms with Crippen LogP contribution in [0.5, 0.6) is 5.75 Å². The minimum absolute atomic E-state index is 0.821. The SMILES string of the molecule is C=CCCCCCCCCCOc1ccc(-c2ccccc2)cc1. The van der Waals surface area contributed by atoms with E-state index < -0.39 is 0 Å². The van der Waals surface area contributed by atoms with E-state index in [2.05, 4.69) is 55.1 Å². The van der Waals surface area contributed by atoms with Gasteiger partial charge in [-0.25, -0.2) is 0 Å². The highest BCUT2D eigenvalue weighted by molar-refractivity contribution is 5.63. The molecule has 0 radical (unpaired) electrons. The topological polar surface area (TPSA) is 9.23 Å². The predicted molar refractivity (Wildman–Crippen MR) is 105 cm³/mol. The summed E-state index contributed by atoms with van der Waals surface area (Å²) in [6, 6.07) is 18.9. The lowest BCUT2D eigenvalue weighted by molar-refractivity contribution is 0.304. The normalized spacial score (nSPS) is 10.5. The predicted octanol–water partition coefficient (Wildman–Crippen LogP) is 7.04. The van der Waals surface area contributed by atoms with Crippen LogP contribution in [0.1, 0.15) is 51.4 Å². The van der Waals surface area contributed by atoms with Crippen molar-refractivity contribution in [2.24, 2.45) is 0 Å². The minimum atomic E-state index is 0.821. The molecule has 2 aromatic rings. The molecule has 1 heteroatoms. The van der Waals surface area contributed by atoms with E-state index in [0.717, 1.165) is 25.2 Å². The molecule has 0 fully saturated rings. The molecule has 2 rings (SSSR count). The average molecular weight is 322 g/mol. The van der Waals surface area contributed by atoms with Crippen molar-refractivity contribution in [1.82, 2.24) is 0 Å². The lowest BCUT2D eigenvalue weighted by atomic mass is 10.1. The van der Waals surface area contributed by atoms with Crippen LogP contribution in [0.2, 0.25) is 0 Å². The number of hydrogen-bond acceptors (Lipinski definition) is 1. The van der Waals surface area contributed by atoms with E-state index in [1.165, 1.54) is 49.7 Å². The average Bonchev–Trinajstić information content (AvgIpc) is 2.64. The molecule has 128 valence electrons. The van der Waals surface area contributed by atoms with Gasteiger partial charge >= 0.3 is 0 Å². The Labute approximate surface area is 147 Å². The first-order chi connectivity index (χ1) is 11.9. The minimum Gasteiger partial charge on any atom is -0.494 e. The second kappa shape index (κ2) is 11.5. The lowest BCUT2D eigenvalue weighted by Crippen LogP contribution is -1.97. The zero-order chi connectivity index (χ0) is 16.9. The molecule has 0 saturated carbocycles. The molecule has 0 aliphatic carbocycles. The quantitative estimate of drug-likeness (QED) is 0.301. The largest absolute Gasteiger partial charge is 0.494 e. The summed E-state index contributed by atoms with van der Waals surface area (Å²) in [7, 11) is 0. The van der Waals surface area contributed by atoms with Gasteiger partial charge in [0.05, 0.1) is 6.61 Å². The van der Waals surface area contributed by atoms with Crippen molar-refractivity contribution in [3.8, 4) is 16.9 Å². The Kier molecular flexibility index (Phi) is 8.78. The van der Waals surface area contributed by atoms with Crippen LogP contribution in [0.15, 0.2) is 67.3 Å². The van der Waals surface area contributed by atoms with Gasteiger partial charge in [0.2, 0.25) is 0 Å². The third-order valence-electron chi connectivity index (χ3n) is 4.28. The highest BCUT2D eigenvalue weighted by Crippen LogP contribution is 2.22. The number of unbranched alkanes of at least 4 members (excludes halogenated alkanes) is 7. The zero-order valence-corrected chi connectivity index (χ0v) is 14.8. The molecule has 0 amide bonds. The number of ether oxygens (including phenoxy) is 1. The fourth-order valence-corrected chi connectivity index (χ4v) is 2.84. The van der Waals surface area contributed by atoms with Crippen molar-refractivity contribution in [3.63, 3.8) is 0 Å². The van der Waals surface area contributed by atoms with Crippen LogP contribution in [-0.4, -0.2) is 6.61 Å². The van der Waals surface area contributed by atoms with Crippen molar-refractivity contribution < 1.29 is 4.74 Å². The van der Waals surface area contributed by atoms with E-state index in [4.69, 9.17) is 4.74 Å². The van der Waals surface area contributed by atoms with Gasteiger partial charge in [0.25, 0.3) is 0 Å². The van der Waals surface area contributed by atoms with Gasteiger partial charge in [0.1, 0.15) is 5.75 Å². The molecule has 0 N–H and O–H groups in total. The van der Waals surface area contributed by atoms with Crippen molar-refractivity contribution in [2.45, 2.75) is 51.4 Å². The standard InChI is InChI=1S/C23H30O/c1-2-3-4-5-6-7-8-9-13-20-24-23-18-16-22(17-19-23)21-14-11-10-12-15-21/h2,10-12,14-19H,1,3-9,13,20H2. The Morgan fingerprint density at radius 2 is 1.25 bits per heavy atom. The van der Waals surface area contributed by atoms with Gasteiger partial charge in [-0.05, 0) is 42.5 Å². The lowest BCUT2D eigenvalue weighted by Gasteiger charge is -2.07. The smallest absolute Gasteiger partial charge is 0.119 e. The maximum absolute atomic E-state index is 5.85. The molecule has 0 aliphatic heterocycles. The van der Waals surface area contributed by atoms with E-state index in [1.807, 2.05) is 12.1 Å². The highest BCUT2D eigenvalue weighted by Gasteiger charge is 1.98. The summed E-state index contributed by atoms with van der Waals surface area (Å²) in [5.74, 6) is 0.971. The molecule has 0 aliphatic rings. The van der Waals surface area contributed by atoms with E-state index in [-0.39, 0.29) is 0 Å². The van der Waals surface area contributed by atoms with E-state index in [9.17, 15) is 0 Å². The zero-order valence-electron chi connectivity index (χ0n) is 14.8. The number of benzene rings is 2. The molecule has 0 heterocycles. The van der Waals surface area contributed by atoms with Gasteiger partial charge in [-0.2, -0.15) is 0 Å². The van der Waals surface area contributed by atoms with Crippen LogP contribution in [0.3, 0.4) is 0 Å². The van der Waals surface area contributed by atoms with Crippen LogP contribution < -0.4 is 4.74 Å². The monoisotopic (exact) mass is 322 g/mol. The molecule has 0 spiro atoms. The summed E-state index contributed by atoms with van der Waals surface area (Å²) < 4.78 is 5.85. The van der Waals surface area contributed by atoms with Crippen molar-refractivity contribution in [1.29, 1.82) is 0 Å². The summed E-state index contributed by atoms with van der Waals surface area (Å²) in [5, 5.41) is 0. The molecule has 0 bridgehead atoms. The maximum Gasteiger partial charge on any atom is 0.119 e. The fraction of sp³-hybridized carbons (Fsp3) is 0.391. The molecule has 0 saturated heterocycles. The second-order valence-corrected chi connectivity index (χ2v) is 6.29. The van der Waals surface area contributed by atoms with Gasteiger partial charge in [-0.15, -0.1) is 6.58 Å². The van der Waals surface area contributed by atoms with Crippen LogP contribution in [0.25, 0.3) is 11.1 Å². The first-order valence-electron chi connectivity index (χ1n) is 9.29. The number of allylic oxidation sites excluding steroid dienone is 1. The Morgan fingerprint density at radius 3 is 1.92 bits per heavy atom. The summed E-state index contributed by atoms with van der Waals surface area (Å²) >= 11 is 0.